The summed E-state index contributed by atoms with van der Waals surface area (Å²) < 4.78 is 1.93. The molecule has 1 saturated heterocycles. The van der Waals surface area contributed by atoms with E-state index < -0.39 is 0 Å². The fraction of sp³-hybridized carbons (Fsp3) is 0.700. The van der Waals surface area contributed by atoms with Crippen LogP contribution >= 0.6 is 0 Å². The second-order valence-electron chi connectivity index (χ2n) is 3.73. The Bertz CT molecular complexity index is 279. The third-order valence-corrected chi connectivity index (χ3v) is 2.82. The maximum Gasteiger partial charge on any atom is 0.0644 e. The average molecular weight is 195 g/mol. The molecule has 0 saturated carbocycles. The van der Waals surface area contributed by atoms with Crippen LogP contribution in [0.15, 0.2) is 12.3 Å². The van der Waals surface area contributed by atoms with E-state index >= 15 is 0 Å². The van der Waals surface area contributed by atoms with Gasteiger partial charge in [-0.1, -0.05) is 0 Å². The Morgan fingerprint density at radius 3 is 3.00 bits per heavy atom. The van der Waals surface area contributed by atoms with Crippen LogP contribution < -0.4 is 5.32 Å². The molecule has 0 atom stereocenters. The van der Waals surface area contributed by atoms with Crippen LogP contribution in [-0.4, -0.2) is 34.6 Å². The van der Waals surface area contributed by atoms with E-state index in [2.05, 4.69) is 16.5 Å². The molecule has 4 heteroatoms. The SMILES string of the molecule is OCCn1nccc1C1CCNCC1. The quantitative estimate of drug-likeness (QED) is 0.731. The van der Waals surface area contributed by atoms with Gasteiger partial charge >= 0.3 is 0 Å². The highest BCUT2D eigenvalue weighted by Crippen LogP contribution is 2.24. The number of hydrogen-bond acceptors (Lipinski definition) is 3. The summed E-state index contributed by atoms with van der Waals surface area (Å²) in [6.45, 7) is 2.97. The van der Waals surface area contributed by atoms with Crippen molar-refractivity contribution in [3.05, 3.63) is 18.0 Å². The van der Waals surface area contributed by atoms with Crippen LogP contribution in [-0.2, 0) is 6.54 Å². The highest BCUT2D eigenvalue weighted by Gasteiger charge is 2.18. The highest BCUT2D eigenvalue weighted by atomic mass is 16.3. The third-order valence-electron chi connectivity index (χ3n) is 2.82. The van der Waals surface area contributed by atoms with Gasteiger partial charge in [-0.25, -0.2) is 0 Å². The van der Waals surface area contributed by atoms with Crippen LogP contribution in [0.1, 0.15) is 24.5 Å². The lowest BCUT2D eigenvalue weighted by atomic mass is 9.94. The Morgan fingerprint density at radius 2 is 2.29 bits per heavy atom. The first kappa shape index (κ1) is 9.68. The van der Waals surface area contributed by atoms with Crippen LogP contribution in [0, 0.1) is 0 Å². The van der Waals surface area contributed by atoms with Gasteiger partial charge in [0, 0.05) is 17.8 Å². The van der Waals surface area contributed by atoms with E-state index in [9.17, 15) is 0 Å². The highest BCUT2D eigenvalue weighted by molar-refractivity contribution is 5.09. The molecule has 14 heavy (non-hydrogen) atoms. The molecule has 2 N–H and O–H groups in total. The van der Waals surface area contributed by atoms with Gasteiger partial charge in [-0.15, -0.1) is 0 Å². The molecule has 1 fully saturated rings. The van der Waals surface area contributed by atoms with E-state index in [1.807, 2.05) is 10.9 Å². The first-order chi connectivity index (χ1) is 6.92. The molecule has 78 valence electrons. The average Bonchev–Trinajstić information content (AvgIpc) is 2.68. The van der Waals surface area contributed by atoms with E-state index in [0.29, 0.717) is 12.5 Å². The first-order valence-corrected chi connectivity index (χ1v) is 5.25. The Balaban J connectivity index is 2.09. The second kappa shape index (κ2) is 4.57. The summed E-state index contributed by atoms with van der Waals surface area (Å²) in [5.74, 6) is 0.616. The molecule has 1 aliphatic heterocycles. The van der Waals surface area contributed by atoms with Crippen molar-refractivity contribution >= 4 is 0 Å². The summed E-state index contributed by atoms with van der Waals surface area (Å²) in [7, 11) is 0. The third kappa shape index (κ3) is 1.96. The number of rotatable bonds is 3. The lowest BCUT2D eigenvalue weighted by molar-refractivity contribution is 0.264. The van der Waals surface area contributed by atoms with Crippen LogP contribution in [0.4, 0.5) is 0 Å². The van der Waals surface area contributed by atoms with E-state index in [1.165, 1.54) is 18.5 Å². The van der Waals surface area contributed by atoms with Crippen LogP contribution in [0.2, 0.25) is 0 Å². The number of nitrogens with zero attached hydrogens (tertiary/aromatic N) is 2. The van der Waals surface area contributed by atoms with Crippen LogP contribution in [0.5, 0.6) is 0 Å². The first-order valence-electron chi connectivity index (χ1n) is 5.25. The predicted octanol–water partition coefficient (Wildman–Crippen LogP) is 0.342. The number of aromatic nitrogens is 2. The number of piperidine rings is 1. The second-order valence-corrected chi connectivity index (χ2v) is 3.73. The monoisotopic (exact) mass is 195 g/mol. The molecular weight excluding hydrogens is 178 g/mol. The molecule has 0 bridgehead atoms. The molecule has 0 aliphatic carbocycles. The van der Waals surface area contributed by atoms with Crippen molar-refractivity contribution < 1.29 is 5.11 Å². The molecule has 0 amide bonds. The molecule has 1 aromatic heterocycles. The normalized spacial score (nSPS) is 18.6. The molecular formula is C10H17N3O. The molecule has 0 aromatic carbocycles. The maximum atomic E-state index is 8.89. The summed E-state index contributed by atoms with van der Waals surface area (Å²) in [6.07, 6.45) is 4.18. The molecule has 4 nitrogen and oxygen atoms in total. The van der Waals surface area contributed by atoms with Gasteiger partial charge in [-0.3, -0.25) is 4.68 Å². The predicted molar refractivity (Wildman–Crippen MR) is 54.2 cm³/mol. The largest absolute Gasteiger partial charge is 0.394 e. The molecule has 2 rings (SSSR count). The Morgan fingerprint density at radius 1 is 1.50 bits per heavy atom. The van der Waals surface area contributed by atoms with Gasteiger partial charge in [-0.2, -0.15) is 5.10 Å². The van der Waals surface area contributed by atoms with Gasteiger partial charge < -0.3 is 10.4 Å². The summed E-state index contributed by atoms with van der Waals surface area (Å²) in [6, 6.07) is 2.08. The number of aliphatic hydroxyl groups excluding tert-OH is 1. The zero-order valence-electron chi connectivity index (χ0n) is 8.32. The van der Waals surface area contributed by atoms with Crippen molar-refractivity contribution in [1.29, 1.82) is 0 Å². The lowest BCUT2D eigenvalue weighted by Gasteiger charge is -2.23. The smallest absolute Gasteiger partial charge is 0.0644 e. The number of nitrogens with one attached hydrogen (secondary N) is 1. The van der Waals surface area contributed by atoms with Gasteiger partial charge in [0.1, 0.15) is 0 Å². The Kier molecular flexibility index (Phi) is 3.16. The molecule has 1 aliphatic rings. The lowest BCUT2D eigenvalue weighted by Crippen LogP contribution is -2.28. The number of hydrogen-bond donors (Lipinski definition) is 2. The zero-order valence-corrected chi connectivity index (χ0v) is 8.32. The molecule has 1 aromatic rings. The van der Waals surface area contributed by atoms with E-state index in [-0.39, 0.29) is 6.61 Å². The van der Waals surface area contributed by atoms with Crippen molar-refractivity contribution in [3.63, 3.8) is 0 Å². The van der Waals surface area contributed by atoms with E-state index in [4.69, 9.17) is 5.11 Å². The van der Waals surface area contributed by atoms with Crippen molar-refractivity contribution in [2.24, 2.45) is 0 Å². The van der Waals surface area contributed by atoms with Crippen LogP contribution in [0.25, 0.3) is 0 Å². The number of aliphatic hydroxyl groups is 1. The Labute approximate surface area is 83.9 Å². The van der Waals surface area contributed by atoms with Gasteiger partial charge in [0.25, 0.3) is 0 Å². The summed E-state index contributed by atoms with van der Waals surface area (Å²) >= 11 is 0. The molecule has 0 radical (unpaired) electrons. The molecule has 0 unspecified atom stereocenters. The minimum Gasteiger partial charge on any atom is -0.394 e. The minimum atomic E-state index is 0.166. The van der Waals surface area contributed by atoms with Crippen molar-refractivity contribution in [2.75, 3.05) is 19.7 Å². The van der Waals surface area contributed by atoms with Crippen molar-refractivity contribution in [1.82, 2.24) is 15.1 Å². The summed E-state index contributed by atoms with van der Waals surface area (Å²) in [5, 5.41) is 16.5. The van der Waals surface area contributed by atoms with Gasteiger partial charge in [0.2, 0.25) is 0 Å². The van der Waals surface area contributed by atoms with E-state index in [1.54, 1.807) is 0 Å². The molecule has 0 spiro atoms. The van der Waals surface area contributed by atoms with Gasteiger partial charge in [-0.05, 0) is 32.0 Å². The summed E-state index contributed by atoms with van der Waals surface area (Å²) in [5.41, 5.74) is 1.28. The standard InChI is InChI=1S/C10H17N3O/c14-8-7-13-10(3-6-12-13)9-1-4-11-5-2-9/h3,6,9,11,14H,1-2,4-5,7-8H2. The van der Waals surface area contributed by atoms with Crippen LogP contribution in [0.3, 0.4) is 0 Å². The fourth-order valence-corrected chi connectivity index (χ4v) is 2.09. The molecule has 2 heterocycles. The zero-order chi connectivity index (χ0) is 9.80. The van der Waals surface area contributed by atoms with Crippen molar-refractivity contribution in [2.45, 2.75) is 25.3 Å². The maximum absolute atomic E-state index is 8.89. The Hall–Kier alpha value is -0.870. The van der Waals surface area contributed by atoms with Gasteiger partial charge in [0.05, 0.1) is 13.2 Å². The summed E-state index contributed by atoms with van der Waals surface area (Å²) in [4.78, 5) is 0. The van der Waals surface area contributed by atoms with Crippen molar-refractivity contribution in [3.8, 4) is 0 Å². The van der Waals surface area contributed by atoms with Gasteiger partial charge in [0.15, 0.2) is 0 Å². The van der Waals surface area contributed by atoms with E-state index in [0.717, 1.165) is 13.1 Å². The minimum absolute atomic E-state index is 0.166. The topological polar surface area (TPSA) is 50.1 Å². The fourth-order valence-electron chi connectivity index (χ4n) is 2.09.